The quantitative estimate of drug-likeness (QED) is 0.402. The summed E-state index contributed by atoms with van der Waals surface area (Å²) in [6, 6.07) is 0. The molecule has 106 valence electrons. The summed E-state index contributed by atoms with van der Waals surface area (Å²) in [4.78, 5) is 0. The third-order valence-corrected chi connectivity index (χ3v) is 2.75. The van der Waals surface area contributed by atoms with Gasteiger partial charge in [-0.2, -0.15) is 8.78 Å². The van der Waals surface area contributed by atoms with E-state index >= 15 is 0 Å². The normalized spacial score (nSPS) is 11.6. The zero-order valence-corrected chi connectivity index (χ0v) is 11.2. The van der Waals surface area contributed by atoms with Crippen molar-refractivity contribution in [2.45, 2.75) is 19.6 Å². The molecule has 0 radical (unpaired) electrons. The monoisotopic (exact) mass is 300 g/mol. The fourth-order valence-corrected chi connectivity index (χ4v) is 1.77. The highest BCUT2D eigenvalue weighted by molar-refractivity contribution is 6.74. The molecule has 19 heavy (non-hydrogen) atoms. The Labute approximate surface area is 107 Å². The largest absolute Gasteiger partial charge is 0.699 e. The first kappa shape index (κ1) is 15.9. The van der Waals surface area contributed by atoms with Gasteiger partial charge in [0.15, 0.2) is 14.1 Å². The first-order valence-corrected chi connectivity index (χ1v) is 8.49. The first-order valence-electron chi connectivity index (χ1n) is 5.08. The number of halogens is 5. The second-order valence-corrected chi connectivity index (χ2v) is 9.01. The summed E-state index contributed by atoms with van der Waals surface area (Å²) in [5.74, 6) is -12.5. The van der Waals surface area contributed by atoms with Crippen molar-refractivity contribution in [1.29, 1.82) is 0 Å². The molecule has 0 spiro atoms. The van der Waals surface area contributed by atoms with Crippen LogP contribution in [-0.2, 0) is 4.34 Å². The fourth-order valence-electron chi connectivity index (χ4n) is 1.12. The molecule has 0 aromatic heterocycles. The molecule has 0 heterocycles. The molecule has 1 aromatic carbocycles. The lowest BCUT2D eigenvalue weighted by Gasteiger charge is -2.20. The SMILES string of the molecule is C[Si](C)(C)OB(O)Oc1c(F)c(F)c(F)c(F)c1F. The van der Waals surface area contributed by atoms with Gasteiger partial charge in [-0.1, -0.05) is 0 Å². The van der Waals surface area contributed by atoms with E-state index in [1.165, 1.54) is 0 Å². The Morgan fingerprint density at radius 3 is 1.58 bits per heavy atom. The van der Waals surface area contributed by atoms with Crippen molar-refractivity contribution in [3.8, 4) is 5.75 Å². The summed E-state index contributed by atoms with van der Waals surface area (Å²) < 4.78 is 73.9. The highest BCUT2D eigenvalue weighted by Crippen LogP contribution is 2.29. The van der Waals surface area contributed by atoms with E-state index in [0.29, 0.717) is 0 Å². The molecule has 10 heteroatoms. The van der Waals surface area contributed by atoms with E-state index in [1.54, 1.807) is 19.6 Å². The predicted octanol–water partition coefficient (Wildman–Crippen LogP) is 2.59. The maximum Gasteiger partial charge on any atom is 0.699 e. The Morgan fingerprint density at radius 2 is 1.21 bits per heavy atom. The summed E-state index contributed by atoms with van der Waals surface area (Å²) in [6.45, 7) is 4.87. The van der Waals surface area contributed by atoms with Crippen LogP contribution in [-0.4, -0.2) is 20.7 Å². The minimum absolute atomic E-state index is 1.58. The second-order valence-electron chi connectivity index (χ2n) is 4.55. The van der Waals surface area contributed by atoms with Gasteiger partial charge in [-0.05, 0) is 19.6 Å². The molecule has 0 atom stereocenters. The average Bonchev–Trinajstić information content (AvgIpc) is 2.27. The lowest BCUT2D eigenvalue weighted by molar-refractivity contribution is 0.268. The summed E-state index contributed by atoms with van der Waals surface area (Å²) in [6.07, 6.45) is 0. The zero-order chi connectivity index (χ0) is 15.0. The maximum atomic E-state index is 13.2. The van der Waals surface area contributed by atoms with Crippen LogP contribution in [0.3, 0.4) is 0 Å². The van der Waals surface area contributed by atoms with Gasteiger partial charge in [-0.3, -0.25) is 0 Å². The van der Waals surface area contributed by atoms with E-state index in [-0.39, 0.29) is 0 Å². The number of hydrogen-bond donors (Lipinski definition) is 1. The van der Waals surface area contributed by atoms with E-state index < -0.39 is 50.5 Å². The lowest BCUT2D eigenvalue weighted by Crippen LogP contribution is -2.39. The zero-order valence-electron chi connectivity index (χ0n) is 10.2. The Hall–Kier alpha value is -1.13. The molecule has 0 fully saturated rings. The molecule has 1 rings (SSSR count). The van der Waals surface area contributed by atoms with Crippen molar-refractivity contribution in [2.24, 2.45) is 0 Å². The highest BCUT2D eigenvalue weighted by Gasteiger charge is 2.33. The van der Waals surface area contributed by atoms with Crippen molar-refractivity contribution in [2.75, 3.05) is 0 Å². The van der Waals surface area contributed by atoms with Gasteiger partial charge in [0.05, 0.1) is 0 Å². The second kappa shape index (κ2) is 5.47. The molecule has 0 saturated carbocycles. The summed E-state index contributed by atoms with van der Waals surface area (Å²) >= 11 is 0. The van der Waals surface area contributed by atoms with Crippen LogP contribution in [0.4, 0.5) is 22.0 Å². The van der Waals surface area contributed by atoms with Gasteiger partial charge in [0.2, 0.25) is 29.1 Å². The maximum absolute atomic E-state index is 13.2. The smallest absolute Gasteiger partial charge is 0.508 e. The molecular weight excluding hydrogens is 290 g/mol. The van der Waals surface area contributed by atoms with Gasteiger partial charge < -0.3 is 14.0 Å². The molecule has 0 bridgehead atoms. The molecular formula is C9H10BF5O3Si. The van der Waals surface area contributed by atoms with Gasteiger partial charge >= 0.3 is 7.32 Å². The number of rotatable bonds is 4. The van der Waals surface area contributed by atoms with Gasteiger partial charge in [0, 0.05) is 0 Å². The van der Waals surface area contributed by atoms with Crippen molar-refractivity contribution in [1.82, 2.24) is 0 Å². The Morgan fingerprint density at radius 1 is 0.842 bits per heavy atom. The molecule has 0 amide bonds. The van der Waals surface area contributed by atoms with Crippen LogP contribution < -0.4 is 4.65 Å². The summed E-state index contributed by atoms with van der Waals surface area (Å²) in [5.41, 5.74) is 0. The van der Waals surface area contributed by atoms with Crippen LogP contribution in [0.15, 0.2) is 0 Å². The van der Waals surface area contributed by atoms with Crippen molar-refractivity contribution in [3.63, 3.8) is 0 Å². The first-order chi connectivity index (χ1) is 8.54. The van der Waals surface area contributed by atoms with Crippen LogP contribution in [0, 0.1) is 29.1 Å². The molecule has 0 aliphatic rings. The summed E-state index contributed by atoms with van der Waals surface area (Å²) in [5, 5.41) is 9.26. The average molecular weight is 300 g/mol. The summed E-state index contributed by atoms with van der Waals surface area (Å²) in [7, 11) is -4.45. The lowest BCUT2D eigenvalue weighted by atomic mass is 10.2. The van der Waals surface area contributed by atoms with Crippen LogP contribution in [0.25, 0.3) is 0 Å². The minimum atomic E-state index is -2.33. The highest BCUT2D eigenvalue weighted by atomic mass is 28.4. The standard InChI is InChI=1S/C9H10BF5O3Si/c1-19(2,3)18-10(16)17-9-7(14)5(12)4(11)6(13)8(9)15/h16H,1-3H3. The predicted molar refractivity (Wildman–Crippen MR) is 59.3 cm³/mol. The molecule has 0 aliphatic heterocycles. The van der Waals surface area contributed by atoms with E-state index in [1.807, 2.05) is 0 Å². The van der Waals surface area contributed by atoms with Gasteiger partial charge in [0.25, 0.3) is 0 Å². The number of benzene rings is 1. The van der Waals surface area contributed by atoms with E-state index in [9.17, 15) is 27.0 Å². The molecule has 1 N–H and O–H groups in total. The Bertz CT molecular complexity index is 465. The molecule has 1 aromatic rings. The third kappa shape index (κ3) is 3.67. The number of hydrogen-bond acceptors (Lipinski definition) is 3. The molecule has 0 aliphatic carbocycles. The molecule has 3 nitrogen and oxygen atoms in total. The van der Waals surface area contributed by atoms with Gasteiger partial charge in [-0.15, -0.1) is 0 Å². The van der Waals surface area contributed by atoms with Crippen LogP contribution in [0.5, 0.6) is 5.75 Å². The Kier molecular flexibility index (Phi) is 4.59. The minimum Gasteiger partial charge on any atom is -0.508 e. The van der Waals surface area contributed by atoms with Crippen LogP contribution in [0.2, 0.25) is 19.6 Å². The molecule has 0 unspecified atom stereocenters. The van der Waals surface area contributed by atoms with Gasteiger partial charge in [0.1, 0.15) is 0 Å². The van der Waals surface area contributed by atoms with Gasteiger partial charge in [-0.25, -0.2) is 13.2 Å². The van der Waals surface area contributed by atoms with Crippen molar-refractivity contribution in [3.05, 3.63) is 29.1 Å². The fraction of sp³-hybridized carbons (Fsp3) is 0.333. The van der Waals surface area contributed by atoms with E-state index in [0.717, 1.165) is 0 Å². The molecule has 0 saturated heterocycles. The Balaban J connectivity index is 3.09. The van der Waals surface area contributed by atoms with E-state index in [2.05, 4.69) is 4.65 Å². The van der Waals surface area contributed by atoms with E-state index in [4.69, 9.17) is 4.34 Å². The van der Waals surface area contributed by atoms with Crippen LogP contribution >= 0.6 is 0 Å². The third-order valence-electron chi connectivity index (χ3n) is 1.84. The van der Waals surface area contributed by atoms with Crippen LogP contribution in [0.1, 0.15) is 0 Å². The van der Waals surface area contributed by atoms with Crippen molar-refractivity contribution >= 4 is 15.6 Å². The van der Waals surface area contributed by atoms with Crippen molar-refractivity contribution < 1.29 is 36.0 Å². The topological polar surface area (TPSA) is 38.7 Å².